The van der Waals surface area contributed by atoms with E-state index >= 15 is 0 Å². The van der Waals surface area contributed by atoms with Crippen molar-refractivity contribution in [3.05, 3.63) is 54.3 Å². The van der Waals surface area contributed by atoms with Gasteiger partial charge in [0.05, 0.1) is 4.90 Å². The second-order valence-corrected chi connectivity index (χ2v) is 7.29. The molecule has 0 spiro atoms. The van der Waals surface area contributed by atoms with Crippen LogP contribution >= 0.6 is 0 Å². The first-order valence-corrected chi connectivity index (χ1v) is 9.13. The van der Waals surface area contributed by atoms with Gasteiger partial charge in [0.2, 0.25) is 5.91 Å². The van der Waals surface area contributed by atoms with E-state index in [-0.39, 0.29) is 16.5 Å². The van der Waals surface area contributed by atoms with Crippen molar-refractivity contribution in [2.24, 2.45) is 0 Å². The number of nitrogens with one attached hydrogen (secondary N) is 1. The number of hydrogen-bond acceptors (Lipinski definition) is 3. The molecule has 2 aromatic rings. The number of carbonyl (C=O) groups excluding carboxylic acids is 1. The number of carbonyl (C=O) groups is 1. The van der Waals surface area contributed by atoms with E-state index < -0.39 is 15.8 Å². The van der Waals surface area contributed by atoms with Crippen molar-refractivity contribution in [2.45, 2.75) is 24.2 Å². The molecule has 0 saturated carbocycles. The molecule has 1 aliphatic heterocycles. The zero-order chi connectivity index (χ0) is 17.2. The first-order chi connectivity index (χ1) is 11.5. The molecule has 0 aromatic heterocycles. The molecule has 1 N–H and O–H groups in total. The number of halogens is 1. The van der Waals surface area contributed by atoms with E-state index in [0.717, 1.165) is 12.8 Å². The average molecular weight is 348 g/mol. The molecule has 5 nitrogen and oxygen atoms in total. The number of rotatable bonds is 4. The van der Waals surface area contributed by atoms with E-state index in [9.17, 15) is 17.6 Å². The van der Waals surface area contributed by atoms with Crippen molar-refractivity contribution >= 4 is 27.3 Å². The molecule has 3 rings (SSSR count). The van der Waals surface area contributed by atoms with Gasteiger partial charge in [0.1, 0.15) is 5.82 Å². The highest BCUT2D eigenvalue weighted by Crippen LogP contribution is 2.23. The van der Waals surface area contributed by atoms with Gasteiger partial charge in [-0.2, -0.15) is 0 Å². The van der Waals surface area contributed by atoms with Gasteiger partial charge in [0, 0.05) is 24.3 Å². The number of hydrogen-bond donors (Lipinski definition) is 1. The van der Waals surface area contributed by atoms with E-state index in [1.54, 1.807) is 17.0 Å². The molecule has 1 saturated heterocycles. The molecule has 0 aliphatic carbocycles. The summed E-state index contributed by atoms with van der Waals surface area (Å²) < 4.78 is 40.0. The van der Waals surface area contributed by atoms with Gasteiger partial charge in [0.15, 0.2) is 0 Å². The van der Waals surface area contributed by atoms with Gasteiger partial charge in [-0.05, 0) is 61.4 Å². The lowest BCUT2D eigenvalue weighted by Crippen LogP contribution is -2.35. The molecule has 1 aliphatic rings. The molecule has 1 fully saturated rings. The van der Waals surface area contributed by atoms with Crippen LogP contribution in [0.15, 0.2) is 53.4 Å². The minimum absolute atomic E-state index is 0.0568. The third-order valence-corrected chi connectivity index (χ3v) is 5.28. The average Bonchev–Trinajstić information content (AvgIpc) is 2.57. The van der Waals surface area contributed by atoms with Crippen LogP contribution in [0, 0.1) is 5.82 Å². The van der Waals surface area contributed by atoms with Crippen LogP contribution in [-0.4, -0.2) is 20.9 Å². The lowest BCUT2D eigenvalue weighted by Gasteiger charge is -2.26. The summed E-state index contributed by atoms with van der Waals surface area (Å²) in [5, 5.41) is 0. The lowest BCUT2D eigenvalue weighted by molar-refractivity contribution is -0.119. The summed E-state index contributed by atoms with van der Waals surface area (Å²) in [5.74, 6) is -0.380. The Hall–Kier alpha value is -2.41. The number of piperidine rings is 1. The van der Waals surface area contributed by atoms with Crippen molar-refractivity contribution in [1.29, 1.82) is 0 Å². The van der Waals surface area contributed by atoms with Crippen LogP contribution in [0.1, 0.15) is 19.3 Å². The molecule has 0 atom stereocenters. The second-order valence-electron chi connectivity index (χ2n) is 5.61. The van der Waals surface area contributed by atoms with Gasteiger partial charge in [-0.1, -0.05) is 0 Å². The zero-order valence-electron chi connectivity index (χ0n) is 12.9. The van der Waals surface area contributed by atoms with E-state index in [4.69, 9.17) is 0 Å². The third kappa shape index (κ3) is 3.56. The fraction of sp³-hybridized carbons (Fsp3) is 0.235. The first kappa shape index (κ1) is 16.4. The number of nitrogens with zero attached hydrogens (tertiary/aromatic N) is 1. The van der Waals surface area contributed by atoms with Gasteiger partial charge in [-0.15, -0.1) is 0 Å². The van der Waals surface area contributed by atoms with Crippen molar-refractivity contribution in [3.8, 4) is 0 Å². The maximum Gasteiger partial charge on any atom is 0.261 e. The Morgan fingerprint density at radius 1 is 0.958 bits per heavy atom. The minimum atomic E-state index is -3.76. The summed E-state index contributed by atoms with van der Waals surface area (Å²) in [7, 11) is -3.76. The molecule has 1 heterocycles. The fourth-order valence-corrected chi connectivity index (χ4v) is 3.67. The van der Waals surface area contributed by atoms with Crippen LogP contribution in [-0.2, 0) is 14.8 Å². The van der Waals surface area contributed by atoms with Crippen LogP contribution in [0.25, 0.3) is 0 Å². The summed E-state index contributed by atoms with van der Waals surface area (Å²) in [6, 6.07) is 11.3. The Bertz CT molecular complexity index is 833. The quantitative estimate of drug-likeness (QED) is 0.923. The number of anilines is 2. The fourth-order valence-electron chi connectivity index (χ4n) is 2.62. The smallest absolute Gasteiger partial charge is 0.261 e. The Kier molecular flexibility index (Phi) is 4.53. The molecule has 126 valence electrons. The van der Waals surface area contributed by atoms with E-state index in [0.29, 0.717) is 18.7 Å². The normalized spacial score (nSPS) is 15.4. The largest absolute Gasteiger partial charge is 0.312 e. The van der Waals surface area contributed by atoms with E-state index in [2.05, 4.69) is 4.72 Å². The maximum atomic E-state index is 12.9. The highest BCUT2D eigenvalue weighted by molar-refractivity contribution is 7.92. The van der Waals surface area contributed by atoms with Gasteiger partial charge in [-0.3, -0.25) is 9.52 Å². The van der Waals surface area contributed by atoms with Crippen molar-refractivity contribution < 1.29 is 17.6 Å². The number of sulfonamides is 1. The maximum absolute atomic E-state index is 12.9. The molecular weight excluding hydrogens is 331 g/mol. The second kappa shape index (κ2) is 6.60. The van der Waals surface area contributed by atoms with Crippen LogP contribution in [0.5, 0.6) is 0 Å². The molecule has 0 radical (unpaired) electrons. The van der Waals surface area contributed by atoms with Gasteiger partial charge in [-0.25, -0.2) is 12.8 Å². The monoisotopic (exact) mass is 348 g/mol. The molecule has 24 heavy (non-hydrogen) atoms. The summed E-state index contributed by atoms with van der Waals surface area (Å²) in [6.45, 7) is 0.652. The Balaban J connectivity index is 1.78. The van der Waals surface area contributed by atoms with Crippen LogP contribution < -0.4 is 9.62 Å². The predicted molar refractivity (Wildman–Crippen MR) is 89.9 cm³/mol. The molecular formula is C17H17FN2O3S. The molecule has 0 bridgehead atoms. The van der Waals surface area contributed by atoms with Crippen molar-refractivity contribution in [1.82, 2.24) is 0 Å². The number of amides is 1. The summed E-state index contributed by atoms with van der Waals surface area (Å²) in [5.41, 5.74) is 0.979. The number of benzene rings is 2. The summed E-state index contributed by atoms with van der Waals surface area (Å²) in [4.78, 5) is 13.7. The van der Waals surface area contributed by atoms with E-state index in [1.807, 2.05) is 0 Å². The molecule has 2 aromatic carbocycles. The summed E-state index contributed by atoms with van der Waals surface area (Å²) in [6.07, 6.45) is 2.35. The highest BCUT2D eigenvalue weighted by atomic mass is 32.2. The Morgan fingerprint density at radius 2 is 1.62 bits per heavy atom. The Labute approximate surface area is 140 Å². The third-order valence-electron chi connectivity index (χ3n) is 3.88. The molecule has 0 unspecified atom stereocenters. The van der Waals surface area contributed by atoms with Crippen LogP contribution in [0.2, 0.25) is 0 Å². The van der Waals surface area contributed by atoms with Gasteiger partial charge < -0.3 is 4.90 Å². The van der Waals surface area contributed by atoms with Gasteiger partial charge >= 0.3 is 0 Å². The molecule has 1 amide bonds. The van der Waals surface area contributed by atoms with Crippen LogP contribution in [0.3, 0.4) is 0 Å². The van der Waals surface area contributed by atoms with Crippen molar-refractivity contribution in [3.63, 3.8) is 0 Å². The zero-order valence-corrected chi connectivity index (χ0v) is 13.7. The van der Waals surface area contributed by atoms with Crippen LogP contribution in [0.4, 0.5) is 15.8 Å². The first-order valence-electron chi connectivity index (χ1n) is 7.64. The highest BCUT2D eigenvalue weighted by Gasteiger charge is 2.20. The van der Waals surface area contributed by atoms with Gasteiger partial charge in [0.25, 0.3) is 10.0 Å². The summed E-state index contributed by atoms with van der Waals surface area (Å²) >= 11 is 0. The van der Waals surface area contributed by atoms with Crippen molar-refractivity contribution in [2.75, 3.05) is 16.2 Å². The minimum Gasteiger partial charge on any atom is -0.312 e. The topological polar surface area (TPSA) is 66.5 Å². The van der Waals surface area contributed by atoms with E-state index in [1.165, 1.54) is 36.4 Å². The molecule has 7 heteroatoms. The standard InChI is InChI=1S/C17H17FN2O3S/c18-13-4-6-14(7-5-13)19-24(22,23)16-10-8-15(9-11-16)20-12-2-1-3-17(20)21/h4-11,19H,1-3,12H2. The predicted octanol–water partition coefficient (Wildman–Crippen LogP) is 3.14. The Morgan fingerprint density at radius 3 is 2.25 bits per heavy atom. The SMILES string of the molecule is O=C1CCCCN1c1ccc(S(=O)(=O)Nc2ccc(F)cc2)cc1. The lowest BCUT2D eigenvalue weighted by atomic mass is 10.1.